The minimum atomic E-state index is -0.0668. The molecule has 0 aliphatic heterocycles. The van der Waals surface area contributed by atoms with Gasteiger partial charge >= 0.3 is 0 Å². The minimum Gasteiger partial charge on any atom is -0.362 e. The SMILES string of the molecule is Cc1ccc2cc(CN(Cc3ccccc3)C(=S)NCC(C)C)c(=O)[nH]c2c1. The van der Waals surface area contributed by atoms with Crippen molar-refractivity contribution < 1.29 is 0 Å². The Morgan fingerprint density at radius 2 is 1.86 bits per heavy atom. The summed E-state index contributed by atoms with van der Waals surface area (Å²) in [5, 5.41) is 5.03. The summed E-state index contributed by atoms with van der Waals surface area (Å²) < 4.78 is 0. The lowest BCUT2D eigenvalue weighted by Crippen LogP contribution is -2.41. The van der Waals surface area contributed by atoms with Gasteiger partial charge in [-0.25, -0.2) is 0 Å². The highest BCUT2D eigenvalue weighted by atomic mass is 32.1. The molecule has 0 saturated heterocycles. The molecule has 3 rings (SSSR count). The summed E-state index contributed by atoms with van der Waals surface area (Å²) in [7, 11) is 0. The van der Waals surface area contributed by atoms with Crippen LogP contribution in [0.25, 0.3) is 10.9 Å². The van der Waals surface area contributed by atoms with Gasteiger partial charge in [0, 0.05) is 24.2 Å². The Bertz CT molecular complexity index is 1010. The fraction of sp³-hybridized carbons (Fsp3) is 0.304. The number of hydrogen-bond donors (Lipinski definition) is 2. The molecule has 0 radical (unpaired) electrons. The summed E-state index contributed by atoms with van der Waals surface area (Å²) >= 11 is 5.65. The first-order valence-electron chi connectivity index (χ1n) is 9.61. The first kappa shape index (κ1) is 20.1. The van der Waals surface area contributed by atoms with E-state index in [4.69, 9.17) is 12.2 Å². The molecule has 5 heteroatoms. The number of nitrogens with zero attached hydrogens (tertiary/aromatic N) is 1. The number of benzene rings is 2. The van der Waals surface area contributed by atoms with Gasteiger partial charge in [0.25, 0.3) is 5.56 Å². The van der Waals surface area contributed by atoms with Crippen LogP contribution >= 0.6 is 12.2 Å². The molecule has 1 aromatic heterocycles. The smallest absolute Gasteiger partial charge is 0.253 e. The summed E-state index contributed by atoms with van der Waals surface area (Å²) in [4.78, 5) is 17.7. The van der Waals surface area contributed by atoms with Gasteiger partial charge in [-0.1, -0.05) is 56.3 Å². The van der Waals surface area contributed by atoms with Gasteiger partial charge < -0.3 is 15.2 Å². The molecular weight excluding hydrogens is 366 g/mol. The minimum absolute atomic E-state index is 0.0668. The lowest BCUT2D eigenvalue weighted by atomic mass is 10.1. The summed E-state index contributed by atoms with van der Waals surface area (Å²) in [5.74, 6) is 0.490. The number of hydrogen-bond acceptors (Lipinski definition) is 2. The maximum atomic E-state index is 12.7. The Morgan fingerprint density at radius 3 is 2.57 bits per heavy atom. The van der Waals surface area contributed by atoms with Crippen molar-refractivity contribution in [2.45, 2.75) is 33.9 Å². The topological polar surface area (TPSA) is 48.1 Å². The Morgan fingerprint density at radius 1 is 1.11 bits per heavy atom. The van der Waals surface area contributed by atoms with Crippen LogP contribution in [0.1, 0.15) is 30.5 Å². The van der Waals surface area contributed by atoms with Gasteiger partial charge in [-0.2, -0.15) is 0 Å². The number of rotatable bonds is 6. The van der Waals surface area contributed by atoms with Gasteiger partial charge in [0.2, 0.25) is 0 Å². The Hall–Kier alpha value is -2.66. The van der Waals surface area contributed by atoms with Gasteiger partial charge in [0.15, 0.2) is 5.11 Å². The molecule has 0 bridgehead atoms. The van der Waals surface area contributed by atoms with Crippen LogP contribution in [0, 0.1) is 12.8 Å². The van der Waals surface area contributed by atoms with E-state index in [0.29, 0.717) is 29.7 Å². The van der Waals surface area contributed by atoms with Crippen molar-refractivity contribution in [1.29, 1.82) is 0 Å². The van der Waals surface area contributed by atoms with Crippen molar-refractivity contribution in [3.63, 3.8) is 0 Å². The van der Waals surface area contributed by atoms with E-state index in [-0.39, 0.29) is 5.56 Å². The zero-order valence-corrected chi connectivity index (χ0v) is 17.5. The van der Waals surface area contributed by atoms with E-state index >= 15 is 0 Å². The van der Waals surface area contributed by atoms with Crippen LogP contribution in [0.15, 0.2) is 59.4 Å². The van der Waals surface area contributed by atoms with Crippen LogP contribution in [-0.4, -0.2) is 21.5 Å². The van der Waals surface area contributed by atoms with E-state index in [2.05, 4.69) is 47.2 Å². The predicted molar refractivity (Wildman–Crippen MR) is 120 cm³/mol. The largest absolute Gasteiger partial charge is 0.362 e. The second-order valence-corrected chi connectivity index (χ2v) is 8.02. The maximum absolute atomic E-state index is 12.7. The van der Waals surface area contributed by atoms with Crippen molar-refractivity contribution in [3.8, 4) is 0 Å². The zero-order chi connectivity index (χ0) is 20.1. The Labute approximate surface area is 171 Å². The highest BCUT2D eigenvalue weighted by Gasteiger charge is 2.14. The van der Waals surface area contributed by atoms with Gasteiger partial charge in [0.05, 0.1) is 6.54 Å². The third-order valence-electron chi connectivity index (χ3n) is 4.60. The Balaban J connectivity index is 1.88. The Kier molecular flexibility index (Phi) is 6.47. The monoisotopic (exact) mass is 393 g/mol. The van der Waals surface area contributed by atoms with E-state index in [1.165, 1.54) is 0 Å². The van der Waals surface area contributed by atoms with Gasteiger partial charge in [-0.05, 0) is 53.7 Å². The molecule has 146 valence electrons. The van der Waals surface area contributed by atoms with Crippen LogP contribution in [0.2, 0.25) is 0 Å². The van der Waals surface area contributed by atoms with Crippen molar-refractivity contribution >= 4 is 28.2 Å². The van der Waals surface area contributed by atoms with Crippen LogP contribution in [-0.2, 0) is 13.1 Å². The number of aromatic amines is 1. The van der Waals surface area contributed by atoms with Crippen molar-refractivity contribution in [1.82, 2.24) is 15.2 Å². The number of fused-ring (bicyclic) bond motifs is 1. The summed E-state index contributed by atoms with van der Waals surface area (Å²) in [6.45, 7) is 8.22. The summed E-state index contributed by atoms with van der Waals surface area (Å²) in [6, 6.07) is 18.2. The highest BCUT2D eigenvalue weighted by molar-refractivity contribution is 7.80. The first-order chi connectivity index (χ1) is 13.4. The normalized spacial score (nSPS) is 11.0. The molecule has 0 saturated carbocycles. The quantitative estimate of drug-likeness (QED) is 0.611. The van der Waals surface area contributed by atoms with E-state index < -0.39 is 0 Å². The number of aryl methyl sites for hydroxylation is 1. The molecule has 4 nitrogen and oxygen atoms in total. The fourth-order valence-electron chi connectivity index (χ4n) is 3.09. The van der Waals surface area contributed by atoms with Crippen LogP contribution in [0.4, 0.5) is 0 Å². The lowest BCUT2D eigenvalue weighted by Gasteiger charge is -2.26. The standard InChI is InChI=1S/C23H27N3OS/c1-16(2)13-24-23(28)26(14-18-7-5-4-6-8-18)15-20-12-19-10-9-17(3)11-21(19)25-22(20)27/h4-12,16H,13-15H2,1-3H3,(H,24,28)(H,25,27). The van der Waals surface area contributed by atoms with Crippen LogP contribution in [0.5, 0.6) is 0 Å². The maximum Gasteiger partial charge on any atom is 0.253 e. The molecule has 0 aliphatic rings. The van der Waals surface area contributed by atoms with E-state index in [9.17, 15) is 4.79 Å². The number of aromatic nitrogens is 1. The number of H-pyrrole nitrogens is 1. The lowest BCUT2D eigenvalue weighted by molar-refractivity contribution is 0.394. The third kappa shape index (κ3) is 5.20. The first-order valence-corrected chi connectivity index (χ1v) is 10.0. The molecule has 3 aromatic rings. The fourth-order valence-corrected chi connectivity index (χ4v) is 3.30. The van der Waals surface area contributed by atoms with E-state index in [1.807, 2.05) is 43.3 Å². The molecule has 0 atom stereocenters. The molecule has 0 unspecified atom stereocenters. The molecule has 1 heterocycles. The van der Waals surface area contributed by atoms with Crippen molar-refractivity contribution in [2.24, 2.45) is 5.92 Å². The molecule has 28 heavy (non-hydrogen) atoms. The van der Waals surface area contributed by atoms with Crippen LogP contribution in [0.3, 0.4) is 0 Å². The average Bonchev–Trinajstić information content (AvgIpc) is 2.67. The molecule has 0 amide bonds. The molecule has 2 N–H and O–H groups in total. The second-order valence-electron chi connectivity index (χ2n) is 7.64. The summed E-state index contributed by atoms with van der Waals surface area (Å²) in [5.41, 5.74) is 3.79. The second kappa shape index (κ2) is 9.02. The van der Waals surface area contributed by atoms with Crippen molar-refractivity contribution in [2.75, 3.05) is 6.54 Å². The number of nitrogens with one attached hydrogen (secondary N) is 2. The zero-order valence-electron chi connectivity index (χ0n) is 16.7. The molecule has 2 aromatic carbocycles. The van der Waals surface area contributed by atoms with E-state index in [0.717, 1.165) is 28.6 Å². The predicted octanol–water partition coefficient (Wildman–Crippen LogP) is 4.37. The van der Waals surface area contributed by atoms with Gasteiger partial charge in [0.1, 0.15) is 0 Å². The van der Waals surface area contributed by atoms with Crippen molar-refractivity contribution in [3.05, 3.63) is 81.6 Å². The van der Waals surface area contributed by atoms with E-state index in [1.54, 1.807) is 0 Å². The molecular formula is C23H27N3OS. The summed E-state index contributed by atoms with van der Waals surface area (Å²) in [6.07, 6.45) is 0. The number of thiocarbonyl (C=S) groups is 1. The molecule has 0 fully saturated rings. The molecule has 0 spiro atoms. The number of pyridine rings is 1. The molecule has 0 aliphatic carbocycles. The van der Waals surface area contributed by atoms with Gasteiger partial charge in [-0.3, -0.25) is 4.79 Å². The average molecular weight is 394 g/mol. The van der Waals surface area contributed by atoms with Crippen LogP contribution < -0.4 is 10.9 Å². The van der Waals surface area contributed by atoms with Gasteiger partial charge in [-0.15, -0.1) is 0 Å². The third-order valence-corrected chi connectivity index (χ3v) is 5.01. The highest BCUT2D eigenvalue weighted by Crippen LogP contribution is 2.15.